The van der Waals surface area contributed by atoms with Gasteiger partial charge in [0.2, 0.25) is 0 Å². The molecule has 174 valence electrons. The van der Waals surface area contributed by atoms with Gasteiger partial charge in [0.1, 0.15) is 5.75 Å². The number of piperidine rings is 1. The average molecular weight is 450 g/mol. The van der Waals surface area contributed by atoms with Crippen molar-refractivity contribution in [2.45, 2.75) is 45.3 Å². The van der Waals surface area contributed by atoms with E-state index in [1.807, 2.05) is 58.0 Å². The molecule has 0 spiro atoms. The van der Waals surface area contributed by atoms with E-state index in [9.17, 15) is 9.59 Å². The summed E-state index contributed by atoms with van der Waals surface area (Å²) in [5, 5.41) is 5.96. The number of para-hydroxylation sites is 2. The molecule has 4 rings (SSSR count). The van der Waals surface area contributed by atoms with Crippen LogP contribution in [0.5, 0.6) is 5.75 Å². The molecule has 8 nitrogen and oxygen atoms in total. The third-order valence-corrected chi connectivity index (χ3v) is 6.00. The predicted octanol–water partition coefficient (Wildman–Crippen LogP) is 3.28. The molecule has 2 N–H and O–H groups in total. The zero-order chi connectivity index (χ0) is 23.2. The van der Waals surface area contributed by atoms with Crippen molar-refractivity contribution in [2.75, 3.05) is 25.1 Å². The molecule has 1 aliphatic rings. The zero-order valence-electron chi connectivity index (χ0n) is 19.2. The summed E-state index contributed by atoms with van der Waals surface area (Å²) in [6.45, 7) is 4.51. The number of ether oxygens (including phenoxy) is 1. The van der Waals surface area contributed by atoms with Crippen molar-refractivity contribution in [3.63, 3.8) is 0 Å². The van der Waals surface area contributed by atoms with Crippen LogP contribution in [0.15, 0.2) is 53.3 Å². The summed E-state index contributed by atoms with van der Waals surface area (Å²) >= 11 is 0. The van der Waals surface area contributed by atoms with Crippen molar-refractivity contribution in [1.82, 2.24) is 20.2 Å². The summed E-state index contributed by atoms with van der Waals surface area (Å²) in [5.41, 5.74) is 2.64. The Balaban J connectivity index is 1.36. The molecule has 33 heavy (non-hydrogen) atoms. The van der Waals surface area contributed by atoms with Crippen LogP contribution in [0.1, 0.15) is 31.7 Å². The van der Waals surface area contributed by atoms with Gasteiger partial charge >= 0.3 is 6.03 Å². The number of urea groups is 1. The highest BCUT2D eigenvalue weighted by molar-refractivity contribution is 5.76. The van der Waals surface area contributed by atoms with Crippen LogP contribution in [-0.2, 0) is 13.1 Å². The number of aryl methyl sites for hydroxylation is 1. The molecule has 2 amide bonds. The molecular weight excluding hydrogens is 418 g/mol. The van der Waals surface area contributed by atoms with Crippen molar-refractivity contribution >= 4 is 22.9 Å². The van der Waals surface area contributed by atoms with Gasteiger partial charge in [-0.05, 0) is 49.1 Å². The first-order valence-corrected chi connectivity index (χ1v) is 11.5. The first-order chi connectivity index (χ1) is 16.1. The van der Waals surface area contributed by atoms with Crippen molar-refractivity contribution < 1.29 is 9.53 Å². The number of nitrogens with zero attached hydrogens (tertiary/aromatic N) is 3. The molecular formula is C25H31N5O3. The molecule has 0 bridgehead atoms. The number of carbonyl (C=O) groups excluding carboxylic acids is 1. The van der Waals surface area contributed by atoms with Crippen LogP contribution in [0.2, 0.25) is 0 Å². The number of fused-ring (bicyclic) bond motifs is 1. The standard InChI is InChI=1S/C25H31N5O3/c1-3-13-30-22-10-5-4-9-21(22)28-23(24(30)31)29-14-11-19(12-15-29)27-25(32)26-17-18-7-6-8-20(16-18)33-2/h4-10,16,19H,3,11-15,17H2,1-2H3,(H2,26,27,32). The fraction of sp³-hybridized carbons (Fsp3) is 0.400. The minimum absolute atomic E-state index is 0.0435. The van der Waals surface area contributed by atoms with Gasteiger partial charge in [-0.2, -0.15) is 0 Å². The number of carbonyl (C=O) groups is 1. The van der Waals surface area contributed by atoms with Gasteiger partial charge in [0.25, 0.3) is 5.56 Å². The number of hydrogen-bond donors (Lipinski definition) is 2. The number of nitrogens with one attached hydrogen (secondary N) is 2. The molecule has 1 saturated heterocycles. The van der Waals surface area contributed by atoms with Crippen LogP contribution in [0, 0.1) is 0 Å². The van der Waals surface area contributed by atoms with Crippen molar-refractivity contribution in [1.29, 1.82) is 0 Å². The van der Waals surface area contributed by atoms with E-state index in [4.69, 9.17) is 4.74 Å². The lowest BCUT2D eigenvalue weighted by Crippen LogP contribution is -2.49. The van der Waals surface area contributed by atoms with E-state index in [0.29, 0.717) is 32.0 Å². The van der Waals surface area contributed by atoms with E-state index in [2.05, 4.69) is 22.5 Å². The number of hydrogen-bond acceptors (Lipinski definition) is 5. The fourth-order valence-corrected chi connectivity index (χ4v) is 4.27. The fourth-order valence-electron chi connectivity index (χ4n) is 4.27. The van der Waals surface area contributed by atoms with Crippen molar-refractivity contribution in [3.8, 4) is 5.75 Å². The Kier molecular flexibility index (Phi) is 7.12. The van der Waals surface area contributed by atoms with Crippen LogP contribution < -0.4 is 25.8 Å². The van der Waals surface area contributed by atoms with E-state index in [1.54, 1.807) is 7.11 Å². The van der Waals surface area contributed by atoms with Crippen molar-refractivity contribution in [3.05, 3.63) is 64.4 Å². The number of rotatable bonds is 7. The van der Waals surface area contributed by atoms with E-state index >= 15 is 0 Å². The first kappa shape index (κ1) is 22.6. The molecule has 0 aliphatic carbocycles. The van der Waals surface area contributed by atoms with Gasteiger partial charge in [-0.15, -0.1) is 0 Å². The van der Waals surface area contributed by atoms with Gasteiger partial charge < -0.3 is 24.8 Å². The van der Waals surface area contributed by atoms with Crippen LogP contribution in [0.25, 0.3) is 11.0 Å². The molecule has 1 aliphatic heterocycles. The Hall–Kier alpha value is -3.55. The van der Waals surface area contributed by atoms with Gasteiger partial charge in [-0.25, -0.2) is 9.78 Å². The molecule has 1 fully saturated rings. The maximum absolute atomic E-state index is 13.2. The summed E-state index contributed by atoms with van der Waals surface area (Å²) in [4.78, 5) is 32.3. The van der Waals surface area contributed by atoms with E-state index in [1.165, 1.54) is 0 Å². The zero-order valence-corrected chi connectivity index (χ0v) is 19.2. The minimum Gasteiger partial charge on any atom is -0.497 e. The molecule has 0 saturated carbocycles. The number of aromatic nitrogens is 2. The largest absolute Gasteiger partial charge is 0.497 e. The van der Waals surface area contributed by atoms with E-state index in [0.717, 1.165) is 41.6 Å². The van der Waals surface area contributed by atoms with E-state index < -0.39 is 0 Å². The minimum atomic E-state index is -0.189. The lowest BCUT2D eigenvalue weighted by Gasteiger charge is -2.33. The second-order valence-electron chi connectivity index (χ2n) is 8.32. The smallest absolute Gasteiger partial charge is 0.315 e. The Morgan fingerprint density at radius 3 is 2.70 bits per heavy atom. The topological polar surface area (TPSA) is 88.5 Å². The molecule has 3 aromatic rings. The highest BCUT2D eigenvalue weighted by Gasteiger charge is 2.24. The van der Waals surface area contributed by atoms with Crippen LogP contribution in [0.4, 0.5) is 10.6 Å². The lowest BCUT2D eigenvalue weighted by atomic mass is 10.1. The van der Waals surface area contributed by atoms with Crippen LogP contribution in [0.3, 0.4) is 0 Å². The van der Waals surface area contributed by atoms with Crippen molar-refractivity contribution in [2.24, 2.45) is 0 Å². The van der Waals surface area contributed by atoms with Crippen LogP contribution in [-0.4, -0.2) is 41.8 Å². The Labute approximate surface area is 193 Å². The Bertz CT molecular complexity index is 1170. The van der Waals surface area contributed by atoms with E-state index in [-0.39, 0.29) is 17.6 Å². The molecule has 1 aromatic heterocycles. The number of anilines is 1. The summed E-state index contributed by atoms with van der Waals surface area (Å²) in [7, 11) is 1.62. The maximum atomic E-state index is 13.2. The second-order valence-corrected chi connectivity index (χ2v) is 8.32. The summed E-state index contributed by atoms with van der Waals surface area (Å²) in [6.07, 6.45) is 2.40. The second kappa shape index (κ2) is 10.4. The van der Waals surface area contributed by atoms with Gasteiger partial charge in [-0.3, -0.25) is 4.79 Å². The molecule has 0 radical (unpaired) electrons. The van der Waals surface area contributed by atoms with Gasteiger partial charge in [0, 0.05) is 32.2 Å². The quantitative estimate of drug-likeness (QED) is 0.578. The Morgan fingerprint density at radius 2 is 1.94 bits per heavy atom. The molecule has 0 unspecified atom stereocenters. The van der Waals surface area contributed by atoms with Gasteiger partial charge in [0.15, 0.2) is 5.82 Å². The monoisotopic (exact) mass is 449 g/mol. The summed E-state index contributed by atoms with van der Waals surface area (Å²) in [6, 6.07) is 15.3. The number of amides is 2. The highest BCUT2D eigenvalue weighted by Crippen LogP contribution is 2.19. The Morgan fingerprint density at radius 1 is 1.15 bits per heavy atom. The third-order valence-electron chi connectivity index (χ3n) is 6.00. The molecule has 8 heteroatoms. The van der Waals surface area contributed by atoms with Gasteiger partial charge in [-0.1, -0.05) is 31.2 Å². The number of methoxy groups -OCH3 is 1. The first-order valence-electron chi connectivity index (χ1n) is 11.5. The highest BCUT2D eigenvalue weighted by atomic mass is 16.5. The summed E-state index contributed by atoms with van der Waals surface area (Å²) in [5.74, 6) is 1.27. The normalized spacial score (nSPS) is 14.3. The van der Waals surface area contributed by atoms with Gasteiger partial charge in [0.05, 0.1) is 18.1 Å². The third kappa shape index (κ3) is 5.27. The predicted molar refractivity (Wildman–Crippen MR) is 130 cm³/mol. The molecule has 2 heterocycles. The lowest BCUT2D eigenvalue weighted by molar-refractivity contribution is 0.234. The SMILES string of the molecule is CCCn1c(=O)c(N2CCC(NC(=O)NCc3cccc(OC)c3)CC2)nc2ccccc21. The molecule has 2 aromatic carbocycles. The van der Waals surface area contributed by atoms with Crippen LogP contribution >= 0.6 is 0 Å². The molecule has 0 atom stereocenters. The number of benzene rings is 2. The maximum Gasteiger partial charge on any atom is 0.315 e. The summed E-state index contributed by atoms with van der Waals surface area (Å²) < 4.78 is 7.05. The average Bonchev–Trinajstić information content (AvgIpc) is 2.85.